The number of thioether (sulfide) groups is 1. The zero-order valence-electron chi connectivity index (χ0n) is 13.0. The van der Waals surface area contributed by atoms with Gasteiger partial charge in [0.15, 0.2) is 11.0 Å². The average Bonchev–Trinajstić information content (AvgIpc) is 3.27. The number of esters is 1. The third-order valence-corrected chi connectivity index (χ3v) is 5.65. The van der Waals surface area contributed by atoms with Gasteiger partial charge in [0.1, 0.15) is 0 Å². The van der Waals surface area contributed by atoms with E-state index in [4.69, 9.17) is 10.5 Å². The zero-order chi connectivity index (χ0) is 16.9. The van der Waals surface area contributed by atoms with Gasteiger partial charge in [-0.1, -0.05) is 17.8 Å². The van der Waals surface area contributed by atoms with Crippen LogP contribution in [-0.4, -0.2) is 39.0 Å². The second-order valence-electron chi connectivity index (χ2n) is 5.44. The molecule has 128 valence electrons. The minimum absolute atomic E-state index is 0.0174. The molecule has 0 saturated carbocycles. The summed E-state index contributed by atoms with van der Waals surface area (Å²) < 4.78 is 6.90. The summed E-state index contributed by atoms with van der Waals surface area (Å²) >= 11 is 3.11. The Kier molecular flexibility index (Phi) is 5.52. The molecule has 0 aromatic carbocycles. The van der Waals surface area contributed by atoms with Gasteiger partial charge in [0.25, 0.3) is 0 Å². The van der Waals surface area contributed by atoms with Gasteiger partial charge >= 0.3 is 5.97 Å². The van der Waals surface area contributed by atoms with E-state index in [1.165, 1.54) is 11.8 Å². The lowest BCUT2D eigenvalue weighted by atomic mass is 10.1. The molecule has 2 aromatic heterocycles. The summed E-state index contributed by atoms with van der Waals surface area (Å²) in [5.41, 5.74) is 5.28. The van der Waals surface area contributed by atoms with Crippen LogP contribution in [0.15, 0.2) is 22.7 Å². The number of nitrogens with zero attached hydrogens (tertiary/aromatic N) is 3. The van der Waals surface area contributed by atoms with Crippen molar-refractivity contribution in [2.24, 2.45) is 11.7 Å². The van der Waals surface area contributed by atoms with Gasteiger partial charge in [-0.3, -0.25) is 9.59 Å². The molecule has 0 bridgehead atoms. The van der Waals surface area contributed by atoms with Crippen LogP contribution in [0.3, 0.4) is 0 Å². The number of cyclic esters (lactones) is 1. The van der Waals surface area contributed by atoms with E-state index in [9.17, 15) is 9.59 Å². The van der Waals surface area contributed by atoms with Crippen LogP contribution in [0.25, 0.3) is 10.7 Å². The van der Waals surface area contributed by atoms with Crippen molar-refractivity contribution < 1.29 is 14.3 Å². The van der Waals surface area contributed by atoms with Gasteiger partial charge in [-0.05, 0) is 24.3 Å². The summed E-state index contributed by atoms with van der Waals surface area (Å²) in [6.45, 7) is 0.967. The van der Waals surface area contributed by atoms with Crippen LogP contribution in [0.1, 0.15) is 19.3 Å². The van der Waals surface area contributed by atoms with E-state index >= 15 is 0 Å². The highest BCUT2D eigenvalue weighted by Crippen LogP contribution is 2.29. The predicted octanol–water partition coefficient (Wildman–Crippen LogP) is 1.93. The first-order chi connectivity index (χ1) is 11.6. The average molecular weight is 366 g/mol. The number of nitrogens with two attached hydrogens (primary N) is 1. The fourth-order valence-electron chi connectivity index (χ4n) is 2.50. The number of thiophene rings is 1. The molecule has 24 heavy (non-hydrogen) atoms. The highest BCUT2D eigenvalue weighted by atomic mass is 32.2. The third kappa shape index (κ3) is 3.96. The summed E-state index contributed by atoms with van der Waals surface area (Å²) in [5.74, 6) is 1.01. The molecule has 3 heterocycles. The van der Waals surface area contributed by atoms with E-state index in [2.05, 4.69) is 10.2 Å². The van der Waals surface area contributed by atoms with Crippen molar-refractivity contribution in [1.29, 1.82) is 0 Å². The highest BCUT2D eigenvalue weighted by molar-refractivity contribution is 7.99. The van der Waals surface area contributed by atoms with E-state index in [-0.39, 0.29) is 24.2 Å². The maximum absolute atomic E-state index is 11.5. The number of primary amides is 1. The lowest BCUT2D eigenvalue weighted by Gasteiger charge is -2.09. The summed E-state index contributed by atoms with van der Waals surface area (Å²) in [6, 6.07) is 3.92. The Labute approximate surface area is 147 Å². The Morgan fingerprint density at radius 1 is 1.50 bits per heavy atom. The van der Waals surface area contributed by atoms with Crippen molar-refractivity contribution in [1.82, 2.24) is 14.8 Å². The van der Waals surface area contributed by atoms with Crippen molar-refractivity contribution in [3.63, 3.8) is 0 Å². The molecule has 2 N–H and O–H groups in total. The van der Waals surface area contributed by atoms with Gasteiger partial charge in [0.05, 0.1) is 17.4 Å². The monoisotopic (exact) mass is 366 g/mol. The van der Waals surface area contributed by atoms with Gasteiger partial charge in [0.2, 0.25) is 5.91 Å². The Hall–Kier alpha value is -1.87. The summed E-state index contributed by atoms with van der Waals surface area (Å²) in [5, 5.41) is 11.2. The quantitative estimate of drug-likeness (QED) is 0.566. The molecule has 1 unspecified atom stereocenters. The molecule has 0 radical (unpaired) electrons. The largest absolute Gasteiger partial charge is 0.465 e. The van der Waals surface area contributed by atoms with E-state index in [0.717, 1.165) is 34.5 Å². The number of carbonyl (C=O) groups is 2. The molecular formula is C15H18N4O3S2. The summed E-state index contributed by atoms with van der Waals surface area (Å²) in [7, 11) is 0. The maximum atomic E-state index is 11.5. The molecule has 2 aromatic rings. The first kappa shape index (κ1) is 17.0. The summed E-state index contributed by atoms with van der Waals surface area (Å²) in [6.07, 6.45) is 1.77. The molecular weight excluding hydrogens is 348 g/mol. The predicted molar refractivity (Wildman–Crippen MR) is 91.6 cm³/mol. The molecule has 1 aliphatic heterocycles. The van der Waals surface area contributed by atoms with E-state index < -0.39 is 0 Å². The minimum Gasteiger partial charge on any atom is -0.465 e. The molecule has 1 amide bonds. The van der Waals surface area contributed by atoms with Gasteiger partial charge in [0, 0.05) is 18.7 Å². The summed E-state index contributed by atoms with van der Waals surface area (Å²) in [4.78, 5) is 23.6. The number of ether oxygens (including phenoxy) is 1. The second kappa shape index (κ2) is 7.80. The highest BCUT2D eigenvalue weighted by Gasteiger charge is 2.26. The van der Waals surface area contributed by atoms with Crippen LogP contribution in [0, 0.1) is 5.92 Å². The minimum atomic E-state index is -0.356. The number of hydrogen-bond donors (Lipinski definition) is 1. The topological polar surface area (TPSA) is 100 Å². The van der Waals surface area contributed by atoms with Crippen molar-refractivity contribution in [3.05, 3.63) is 17.5 Å². The van der Waals surface area contributed by atoms with Crippen LogP contribution < -0.4 is 5.73 Å². The second-order valence-corrected chi connectivity index (χ2v) is 7.45. The molecule has 9 heteroatoms. The van der Waals surface area contributed by atoms with Crippen molar-refractivity contribution >= 4 is 35.0 Å². The van der Waals surface area contributed by atoms with Gasteiger partial charge in [-0.2, -0.15) is 0 Å². The third-order valence-electron chi connectivity index (χ3n) is 3.78. The number of rotatable bonds is 8. The van der Waals surface area contributed by atoms with Crippen molar-refractivity contribution in [2.45, 2.75) is 31.0 Å². The Bertz CT molecular complexity index is 714. The van der Waals surface area contributed by atoms with Gasteiger partial charge in [-0.25, -0.2) is 0 Å². The van der Waals surface area contributed by atoms with Crippen LogP contribution in [-0.2, 0) is 20.9 Å². The maximum Gasteiger partial charge on any atom is 0.309 e. The first-order valence-electron chi connectivity index (χ1n) is 7.70. The molecule has 1 atom stereocenters. The SMILES string of the molecule is NC(=O)CCn1c(SCCC2CCOC2=O)nnc1-c1cccs1. The number of amides is 1. The smallest absolute Gasteiger partial charge is 0.309 e. The number of carbonyl (C=O) groups excluding carboxylic acids is 2. The molecule has 0 aliphatic carbocycles. The standard InChI is InChI=1S/C15H18N4O3S2/c16-12(20)3-6-19-13(11-2-1-8-23-11)17-18-15(19)24-9-5-10-4-7-22-14(10)21/h1-2,8,10H,3-7,9H2,(H2,16,20). The van der Waals surface area contributed by atoms with Crippen LogP contribution in [0.4, 0.5) is 0 Å². The zero-order valence-corrected chi connectivity index (χ0v) is 14.6. The fraction of sp³-hybridized carbons (Fsp3) is 0.467. The van der Waals surface area contributed by atoms with Crippen LogP contribution >= 0.6 is 23.1 Å². The van der Waals surface area contributed by atoms with Crippen molar-refractivity contribution in [3.8, 4) is 10.7 Å². The van der Waals surface area contributed by atoms with E-state index in [0.29, 0.717) is 13.2 Å². The Morgan fingerprint density at radius 3 is 3.04 bits per heavy atom. The van der Waals surface area contributed by atoms with Gasteiger partial charge < -0.3 is 15.0 Å². The fourth-order valence-corrected chi connectivity index (χ4v) is 4.23. The normalized spacial score (nSPS) is 17.2. The molecule has 3 rings (SSSR count). The van der Waals surface area contributed by atoms with Crippen molar-refractivity contribution in [2.75, 3.05) is 12.4 Å². The molecule has 7 nitrogen and oxygen atoms in total. The lowest BCUT2D eigenvalue weighted by Crippen LogP contribution is -2.15. The van der Waals surface area contributed by atoms with E-state index in [1.807, 2.05) is 22.1 Å². The van der Waals surface area contributed by atoms with Crippen LogP contribution in [0.5, 0.6) is 0 Å². The Balaban J connectivity index is 1.69. The first-order valence-corrected chi connectivity index (χ1v) is 9.56. The molecule has 1 aliphatic rings. The molecule has 1 fully saturated rings. The molecule has 0 spiro atoms. The van der Waals surface area contributed by atoms with Gasteiger partial charge in [-0.15, -0.1) is 21.5 Å². The van der Waals surface area contributed by atoms with Crippen LogP contribution in [0.2, 0.25) is 0 Å². The Morgan fingerprint density at radius 2 is 2.38 bits per heavy atom. The molecule has 1 saturated heterocycles. The number of hydrogen-bond acceptors (Lipinski definition) is 7. The lowest BCUT2D eigenvalue weighted by molar-refractivity contribution is -0.141. The number of aromatic nitrogens is 3. The van der Waals surface area contributed by atoms with E-state index in [1.54, 1.807) is 11.3 Å².